The molecular weight excluding hydrogens is 360 g/mol. The van der Waals surface area contributed by atoms with Crippen molar-refractivity contribution in [1.29, 1.82) is 0 Å². The minimum absolute atomic E-state index is 0.00883. The lowest BCUT2D eigenvalue weighted by Gasteiger charge is -2.19. The zero-order valence-corrected chi connectivity index (χ0v) is 13.8. The van der Waals surface area contributed by atoms with E-state index >= 15 is 0 Å². The summed E-state index contributed by atoms with van der Waals surface area (Å²) < 4.78 is 27.1. The first-order valence-electron chi connectivity index (χ1n) is 6.63. The lowest BCUT2D eigenvalue weighted by Crippen LogP contribution is -2.23. The maximum Gasteiger partial charge on any atom is 0.159 e. The van der Waals surface area contributed by atoms with Gasteiger partial charge in [0.15, 0.2) is 11.6 Å². The molecule has 2 aromatic carbocycles. The van der Waals surface area contributed by atoms with Crippen molar-refractivity contribution in [3.8, 4) is 0 Å². The van der Waals surface area contributed by atoms with E-state index in [0.717, 1.165) is 28.2 Å². The summed E-state index contributed by atoms with van der Waals surface area (Å²) in [5.74, 6) is -1.65. The molecule has 1 nitrogen and oxygen atoms in total. The highest BCUT2D eigenvalue weighted by atomic mass is 79.9. The molecule has 0 aliphatic rings. The summed E-state index contributed by atoms with van der Waals surface area (Å²) in [6, 6.07) is 9.70. The first-order valence-corrected chi connectivity index (χ1v) is 7.80. The van der Waals surface area contributed by atoms with Crippen molar-refractivity contribution in [2.75, 3.05) is 6.54 Å². The SMILES string of the molecule is CCNC(Cc1ccc(F)c(F)c1)c1ccc(Br)c(Cl)c1. The van der Waals surface area contributed by atoms with Crippen molar-refractivity contribution < 1.29 is 8.78 Å². The average Bonchev–Trinajstić information content (AvgIpc) is 2.45. The minimum atomic E-state index is -0.828. The molecule has 2 rings (SSSR count). The zero-order chi connectivity index (χ0) is 15.4. The topological polar surface area (TPSA) is 12.0 Å². The molecule has 1 unspecified atom stereocenters. The fourth-order valence-electron chi connectivity index (χ4n) is 2.19. The Labute approximate surface area is 136 Å². The van der Waals surface area contributed by atoms with E-state index in [1.54, 1.807) is 6.07 Å². The van der Waals surface area contributed by atoms with E-state index in [9.17, 15) is 8.78 Å². The van der Waals surface area contributed by atoms with Gasteiger partial charge in [0.2, 0.25) is 0 Å². The third-order valence-electron chi connectivity index (χ3n) is 3.22. The van der Waals surface area contributed by atoms with Crippen LogP contribution >= 0.6 is 27.5 Å². The fourth-order valence-corrected chi connectivity index (χ4v) is 2.62. The van der Waals surface area contributed by atoms with Gasteiger partial charge in [-0.3, -0.25) is 0 Å². The molecule has 0 amide bonds. The zero-order valence-electron chi connectivity index (χ0n) is 11.5. The van der Waals surface area contributed by atoms with Gasteiger partial charge < -0.3 is 5.32 Å². The van der Waals surface area contributed by atoms with Gasteiger partial charge in [-0.05, 0) is 64.3 Å². The standard InChI is InChI=1S/C16H15BrClF2N/c1-2-21-16(11-4-5-12(17)13(18)9-11)8-10-3-6-14(19)15(20)7-10/h3-7,9,16,21H,2,8H2,1H3. The second-order valence-corrected chi connectivity index (χ2v) is 6.00. The van der Waals surface area contributed by atoms with E-state index < -0.39 is 11.6 Å². The summed E-state index contributed by atoms with van der Waals surface area (Å²) in [7, 11) is 0. The van der Waals surface area contributed by atoms with Crippen LogP contribution in [0.2, 0.25) is 5.02 Å². The molecule has 1 N–H and O–H groups in total. The summed E-state index contributed by atoms with van der Waals surface area (Å²) in [6.07, 6.45) is 0.559. The molecule has 0 aliphatic carbocycles. The second kappa shape index (κ2) is 7.34. The lowest BCUT2D eigenvalue weighted by atomic mass is 9.98. The van der Waals surface area contributed by atoms with Crippen LogP contribution in [-0.4, -0.2) is 6.54 Å². The van der Waals surface area contributed by atoms with Crippen LogP contribution < -0.4 is 5.32 Å². The van der Waals surface area contributed by atoms with Crippen LogP contribution in [0.1, 0.15) is 24.1 Å². The monoisotopic (exact) mass is 373 g/mol. The van der Waals surface area contributed by atoms with Crippen LogP contribution in [0.25, 0.3) is 0 Å². The molecule has 0 aliphatic heterocycles. The summed E-state index contributed by atoms with van der Waals surface area (Å²) >= 11 is 9.48. The van der Waals surface area contributed by atoms with Crippen LogP contribution in [0.5, 0.6) is 0 Å². The number of hydrogen-bond donors (Lipinski definition) is 1. The summed E-state index contributed by atoms with van der Waals surface area (Å²) in [6.45, 7) is 2.76. The summed E-state index contributed by atoms with van der Waals surface area (Å²) in [4.78, 5) is 0. The summed E-state index contributed by atoms with van der Waals surface area (Å²) in [5.41, 5.74) is 1.74. The number of likely N-dealkylation sites (N-methyl/N-ethyl adjacent to an activating group) is 1. The van der Waals surface area contributed by atoms with Crippen LogP contribution in [0, 0.1) is 11.6 Å². The first-order chi connectivity index (χ1) is 10.0. The van der Waals surface area contributed by atoms with E-state index in [1.165, 1.54) is 6.07 Å². The Morgan fingerprint density at radius 3 is 2.52 bits per heavy atom. The highest BCUT2D eigenvalue weighted by Crippen LogP contribution is 2.27. The van der Waals surface area contributed by atoms with Crippen molar-refractivity contribution in [3.63, 3.8) is 0 Å². The number of benzene rings is 2. The van der Waals surface area contributed by atoms with Crippen molar-refractivity contribution in [2.45, 2.75) is 19.4 Å². The Morgan fingerprint density at radius 1 is 1.14 bits per heavy atom. The van der Waals surface area contributed by atoms with E-state index in [-0.39, 0.29) is 6.04 Å². The predicted molar refractivity (Wildman–Crippen MR) is 85.6 cm³/mol. The average molecular weight is 375 g/mol. The van der Waals surface area contributed by atoms with E-state index in [1.807, 2.05) is 25.1 Å². The Bertz CT molecular complexity index is 634. The van der Waals surface area contributed by atoms with Crippen molar-refractivity contribution in [2.24, 2.45) is 0 Å². The molecule has 112 valence electrons. The highest BCUT2D eigenvalue weighted by molar-refractivity contribution is 9.10. The van der Waals surface area contributed by atoms with Crippen LogP contribution in [-0.2, 0) is 6.42 Å². The molecule has 0 saturated carbocycles. The van der Waals surface area contributed by atoms with Gasteiger partial charge in [0.1, 0.15) is 0 Å². The van der Waals surface area contributed by atoms with E-state index in [4.69, 9.17) is 11.6 Å². The fraction of sp³-hybridized carbons (Fsp3) is 0.250. The molecule has 0 aromatic heterocycles. The van der Waals surface area contributed by atoms with Gasteiger partial charge in [-0.15, -0.1) is 0 Å². The number of nitrogens with one attached hydrogen (secondary N) is 1. The molecule has 1 atom stereocenters. The van der Waals surface area contributed by atoms with Gasteiger partial charge in [-0.2, -0.15) is 0 Å². The molecule has 0 spiro atoms. The lowest BCUT2D eigenvalue weighted by molar-refractivity contribution is 0.502. The molecule has 21 heavy (non-hydrogen) atoms. The Hall–Kier alpha value is -0.970. The van der Waals surface area contributed by atoms with Gasteiger partial charge in [0.05, 0.1) is 5.02 Å². The number of hydrogen-bond acceptors (Lipinski definition) is 1. The van der Waals surface area contributed by atoms with Crippen molar-refractivity contribution in [1.82, 2.24) is 5.32 Å². The van der Waals surface area contributed by atoms with Gasteiger partial charge in [-0.1, -0.05) is 30.7 Å². The van der Waals surface area contributed by atoms with Gasteiger partial charge >= 0.3 is 0 Å². The van der Waals surface area contributed by atoms with Crippen molar-refractivity contribution >= 4 is 27.5 Å². The Kier molecular flexibility index (Phi) is 5.73. The van der Waals surface area contributed by atoms with Crippen LogP contribution in [0.15, 0.2) is 40.9 Å². The minimum Gasteiger partial charge on any atom is -0.310 e. The van der Waals surface area contributed by atoms with Gasteiger partial charge in [0.25, 0.3) is 0 Å². The Balaban J connectivity index is 2.25. The quantitative estimate of drug-likeness (QED) is 0.751. The molecular formula is C16H15BrClF2N. The maximum atomic E-state index is 13.3. The van der Waals surface area contributed by atoms with Crippen LogP contribution in [0.4, 0.5) is 8.78 Å². The van der Waals surface area contributed by atoms with E-state index in [2.05, 4.69) is 21.2 Å². The molecule has 5 heteroatoms. The molecule has 2 aromatic rings. The van der Waals surface area contributed by atoms with Gasteiger partial charge in [-0.25, -0.2) is 8.78 Å². The molecule has 0 radical (unpaired) electrons. The van der Waals surface area contributed by atoms with Gasteiger partial charge in [0, 0.05) is 10.5 Å². The number of rotatable bonds is 5. The normalized spacial score (nSPS) is 12.4. The molecule has 0 fully saturated rings. The van der Waals surface area contributed by atoms with Crippen molar-refractivity contribution in [3.05, 3.63) is 68.7 Å². The largest absolute Gasteiger partial charge is 0.310 e. The smallest absolute Gasteiger partial charge is 0.159 e. The predicted octanol–water partition coefficient (Wildman–Crippen LogP) is 5.27. The maximum absolute atomic E-state index is 13.3. The Morgan fingerprint density at radius 2 is 1.90 bits per heavy atom. The second-order valence-electron chi connectivity index (χ2n) is 4.74. The molecule has 0 heterocycles. The highest BCUT2D eigenvalue weighted by Gasteiger charge is 2.14. The van der Waals surface area contributed by atoms with Crippen LogP contribution in [0.3, 0.4) is 0 Å². The third-order valence-corrected chi connectivity index (χ3v) is 4.45. The summed E-state index contributed by atoms with van der Waals surface area (Å²) in [5, 5.41) is 3.96. The first kappa shape index (κ1) is 16.4. The van der Waals surface area contributed by atoms with E-state index in [0.29, 0.717) is 11.4 Å². The molecule has 0 bridgehead atoms. The third kappa shape index (κ3) is 4.25. The number of halogens is 4. The molecule has 0 saturated heterocycles.